The van der Waals surface area contributed by atoms with Crippen molar-refractivity contribution in [3.8, 4) is 0 Å². The molecule has 1 rings (SSSR count). The van der Waals surface area contributed by atoms with E-state index in [1.165, 1.54) is 0 Å². The number of hydrogen-bond donors (Lipinski definition) is 2. The summed E-state index contributed by atoms with van der Waals surface area (Å²) in [5.74, 6) is 0. The Balaban J connectivity index is 2.71. The number of likely N-dealkylation sites (N-methyl/N-ethyl adjacent to an activating group) is 1. The lowest BCUT2D eigenvalue weighted by Crippen LogP contribution is -2.26. The van der Waals surface area contributed by atoms with Crippen LogP contribution in [-0.4, -0.2) is 24.8 Å². The van der Waals surface area contributed by atoms with Crippen molar-refractivity contribution < 1.29 is 5.11 Å². The van der Waals surface area contributed by atoms with E-state index in [1.54, 1.807) is 6.92 Å². The van der Waals surface area contributed by atoms with Gasteiger partial charge in [-0.2, -0.15) is 0 Å². The molecule has 0 fully saturated rings. The Bertz CT molecular complexity index is 293. The molecule has 0 aliphatic heterocycles. The fourth-order valence-corrected chi connectivity index (χ4v) is 1.53. The van der Waals surface area contributed by atoms with Crippen molar-refractivity contribution >= 4 is 5.69 Å². The highest BCUT2D eigenvalue weighted by Crippen LogP contribution is 2.17. The topological polar surface area (TPSA) is 49.5 Å². The second-order valence-corrected chi connectivity index (χ2v) is 4.11. The summed E-state index contributed by atoms with van der Waals surface area (Å²) in [4.78, 5) is 2.02. The Morgan fingerprint density at radius 2 is 1.80 bits per heavy atom. The maximum absolute atomic E-state index is 9.27. The standard InChI is InChI=1S/C12H20N2O/c1-9(15)8-14(3)12-6-4-11(5-7-12)10(2)13/h4-7,9-10,15H,8,13H2,1-3H3/t9?,10-/m0/s1. The van der Waals surface area contributed by atoms with E-state index in [9.17, 15) is 5.11 Å². The van der Waals surface area contributed by atoms with Gasteiger partial charge in [-0.05, 0) is 31.5 Å². The third kappa shape index (κ3) is 3.53. The van der Waals surface area contributed by atoms with Crippen LogP contribution < -0.4 is 10.6 Å². The number of nitrogens with zero attached hydrogens (tertiary/aromatic N) is 1. The van der Waals surface area contributed by atoms with Crippen molar-refractivity contribution in [1.82, 2.24) is 0 Å². The predicted molar refractivity (Wildman–Crippen MR) is 64.0 cm³/mol. The molecule has 0 aliphatic carbocycles. The van der Waals surface area contributed by atoms with Gasteiger partial charge in [-0.25, -0.2) is 0 Å². The van der Waals surface area contributed by atoms with Crippen LogP contribution in [0.2, 0.25) is 0 Å². The van der Waals surface area contributed by atoms with E-state index in [4.69, 9.17) is 5.73 Å². The van der Waals surface area contributed by atoms with Crippen LogP contribution in [-0.2, 0) is 0 Å². The molecule has 3 N–H and O–H groups in total. The first-order valence-electron chi connectivity index (χ1n) is 5.25. The number of aliphatic hydroxyl groups excluding tert-OH is 1. The van der Waals surface area contributed by atoms with Gasteiger partial charge in [0.05, 0.1) is 6.10 Å². The minimum atomic E-state index is -0.317. The molecular formula is C12H20N2O. The zero-order valence-corrected chi connectivity index (χ0v) is 9.64. The molecule has 0 aromatic heterocycles. The second-order valence-electron chi connectivity index (χ2n) is 4.11. The van der Waals surface area contributed by atoms with Gasteiger partial charge in [-0.3, -0.25) is 0 Å². The van der Waals surface area contributed by atoms with Gasteiger partial charge in [-0.1, -0.05) is 12.1 Å². The molecule has 0 saturated heterocycles. The van der Waals surface area contributed by atoms with E-state index in [-0.39, 0.29) is 12.1 Å². The molecule has 1 unspecified atom stereocenters. The van der Waals surface area contributed by atoms with E-state index in [0.717, 1.165) is 11.3 Å². The summed E-state index contributed by atoms with van der Waals surface area (Å²) in [7, 11) is 1.97. The summed E-state index contributed by atoms with van der Waals surface area (Å²) < 4.78 is 0. The number of anilines is 1. The Morgan fingerprint density at radius 1 is 1.27 bits per heavy atom. The van der Waals surface area contributed by atoms with Crippen molar-refractivity contribution in [3.05, 3.63) is 29.8 Å². The molecule has 0 spiro atoms. The molecule has 0 radical (unpaired) electrons. The average Bonchev–Trinajstić information content (AvgIpc) is 2.17. The fourth-order valence-electron chi connectivity index (χ4n) is 1.53. The van der Waals surface area contributed by atoms with Gasteiger partial charge >= 0.3 is 0 Å². The maximum atomic E-state index is 9.27. The van der Waals surface area contributed by atoms with Crippen LogP contribution in [0.25, 0.3) is 0 Å². The number of rotatable bonds is 4. The first-order valence-corrected chi connectivity index (χ1v) is 5.25. The first kappa shape index (κ1) is 12.0. The van der Waals surface area contributed by atoms with Gasteiger partial charge < -0.3 is 15.7 Å². The second kappa shape index (κ2) is 5.14. The molecule has 84 valence electrons. The third-order valence-electron chi connectivity index (χ3n) is 2.40. The summed E-state index contributed by atoms with van der Waals surface area (Å²) in [5, 5.41) is 9.27. The molecule has 2 atom stereocenters. The zero-order chi connectivity index (χ0) is 11.4. The van der Waals surface area contributed by atoms with Crippen molar-refractivity contribution in [1.29, 1.82) is 0 Å². The number of nitrogens with two attached hydrogens (primary N) is 1. The highest BCUT2D eigenvalue weighted by Gasteiger charge is 2.05. The lowest BCUT2D eigenvalue weighted by atomic mass is 10.1. The van der Waals surface area contributed by atoms with Gasteiger partial charge in [0.25, 0.3) is 0 Å². The van der Waals surface area contributed by atoms with Gasteiger partial charge in [0.2, 0.25) is 0 Å². The van der Waals surface area contributed by atoms with Crippen LogP contribution in [0.5, 0.6) is 0 Å². The molecule has 1 aromatic carbocycles. The maximum Gasteiger partial charge on any atom is 0.0686 e. The van der Waals surface area contributed by atoms with E-state index < -0.39 is 0 Å². The van der Waals surface area contributed by atoms with Gasteiger partial charge in [-0.15, -0.1) is 0 Å². The predicted octanol–water partition coefficient (Wildman–Crippen LogP) is 1.52. The van der Waals surface area contributed by atoms with Crippen molar-refractivity contribution in [3.63, 3.8) is 0 Å². The van der Waals surface area contributed by atoms with Crippen LogP contribution in [0.3, 0.4) is 0 Å². The Labute approximate surface area is 91.5 Å². The lowest BCUT2D eigenvalue weighted by Gasteiger charge is -2.21. The third-order valence-corrected chi connectivity index (χ3v) is 2.40. The highest BCUT2D eigenvalue weighted by atomic mass is 16.3. The number of hydrogen-bond acceptors (Lipinski definition) is 3. The first-order chi connectivity index (χ1) is 7.00. The summed E-state index contributed by atoms with van der Waals surface area (Å²) in [6.07, 6.45) is -0.317. The normalized spacial score (nSPS) is 14.7. The molecule has 3 nitrogen and oxygen atoms in total. The van der Waals surface area contributed by atoms with E-state index >= 15 is 0 Å². The molecule has 0 bridgehead atoms. The lowest BCUT2D eigenvalue weighted by molar-refractivity contribution is 0.201. The van der Waals surface area contributed by atoms with Crippen LogP contribution >= 0.6 is 0 Å². The Hall–Kier alpha value is -1.06. The molecule has 15 heavy (non-hydrogen) atoms. The van der Waals surface area contributed by atoms with E-state index in [1.807, 2.05) is 43.1 Å². The van der Waals surface area contributed by atoms with Crippen LogP contribution in [0.1, 0.15) is 25.5 Å². The number of aliphatic hydroxyl groups is 1. The van der Waals surface area contributed by atoms with Crippen LogP contribution in [0, 0.1) is 0 Å². The van der Waals surface area contributed by atoms with Gasteiger partial charge in [0, 0.05) is 25.3 Å². The smallest absolute Gasteiger partial charge is 0.0686 e. The van der Waals surface area contributed by atoms with Gasteiger partial charge in [0.1, 0.15) is 0 Å². The monoisotopic (exact) mass is 208 g/mol. The quantitative estimate of drug-likeness (QED) is 0.788. The zero-order valence-electron chi connectivity index (χ0n) is 9.64. The fraction of sp³-hybridized carbons (Fsp3) is 0.500. The molecule has 3 heteroatoms. The molecule has 0 amide bonds. The Kier molecular flexibility index (Phi) is 4.12. The number of benzene rings is 1. The molecule has 0 heterocycles. The molecule has 0 saturated carbocycles. The SMILES string of the molecule is CC(O)CN(C)c1ccc([C@H](C)N)cc1. The summed E-state index contributed by atoms with van der Waals surface area (Å²) in [6.45, 7) is 4.39. The summed E-state index contributed by atoms with van der Waals surface area (Å²) in [6, 6.07) is 8.18. The van der Waals surface area contributed by atoms with Gasteiger partial charge in [0.15, 0.2) is 0 Å². The summed E-state index contributed by atoms with van der Waals surface area (Å²) >= 11 is 0. The molecule has 0 aliphatic rings. The Morgan fingerprint density at radius 3 is 2.20 bits per heavy atom. The molecule has 1 aromatic rings. The minimum absolute atomic E-state index is 0.0705. The van der Waals surface area contributed by atoms with E-state index in [0.29, 0.717) is 6.54 Å². The average molecular weight is 208 g/mol. The van der Waals surface area contributed by atoms with Crippen LogP contribution in [0.15, 0.2) is 24.3 Å². The largest absolute Gasteiger partial charge is 0.392 e. The van der Waals surface area contributed by atoms with Crippen LogP contribution in [0.4, 0.5) is 5.69 Å². The summed E-state index contributed by atoms with van der Waals surface area (Å²) in [5.41, 5.74) is 7.99. The molecular weight excluding hydrogens is 188 g/mol. The minimum Gasteiger partial charge on any atom is -0.392 e. The van der Waals surface area contributed by atoms with Crippen molar-refractivity contribution in [2.45, 2.75) is 26.0 Å². The van der Waals surface area contributed by atoms with Crippen molar-refractivity contribution in [2.75, 3.05) is 18.5 Å². The highest BCUT2D eigenvalue weighted by molar-refractivity contribution is 5.47. The van der Waals surface area contributed by atoms with Crippen molar-refractivity contribution in [2.24, 2.45) is 5.73 Å². The van der Waals surface area contributed by atoms with E-state index in [2.05, 4.69) is 0 Å².